The van der Waals surface area contributed by atoms with Gasteiger partial charge in [-0.2, -0.15) is 11.3 Å². The van der Waals surface area contributed by atoms with E-state index in [1.165, 1.54) is 23.5 Å². The highest BCUT2D eigenvalue weighted by Crippen LogP contribution is 2.17. The maximum atomic E-state index is 12.1. The zero-order chi connectivity index (χ0) is 13.4. The summed E-state index contributed by atoms with van der Waals surface area (Å²) in [6.07, 6.45) is 3.55. The van der Waals surface area contributed by atoms with Crippen molar-refractivity contribution in [3.05, 3.63) is 34.5 Å². The number of hydrogen-bond acceptors (Lipinski definition) is 5. The van der Waals surface area contributed by atoms with Crippen LogP contribution in [0.2, 0.25) is 0 Å². The number of aldehydes is 1. The number of thiophene rings is 1. The third-order valence-corrected chi connectivity index (χ3v) is 2.96. The first-order valence-corrected chi connectivity index (χ1v) is 6.48. The standard InChI is InChI=1S/C13H14O4S/c1-2-17-13(16)11(5-3-4-7-14)12(15)10-6-8-18-9-10/h3-4,6-9,11H,2,5H2,1H3/b4-3+. The van der Waals surface area contributed by atoms with Crippen LogP contribution in [-0.2, 0) is 14.3 Å². The topological polar surface area (TPSA) is 60.4 Å². The molecule has 0 aromatic carbocycles. The van der Waals surface area contributed by atoms with Crippen molar-refractivity contribution in [3.8, 4) is 0 Å². The van der Waals surface area contributed by atoms with E-state index in [1.54, 1.807) is 23.8 Å². The fourth-order valence-corrected chi connectivity index (χ4v) is 2.07. The second-order valence-electron chi connectivity index (χ2n) is 3.48. The van der Waals surface area contributed by atoms with Crippen LogP contribution < -0.4 is 0 Å². The zero-order valence-corrected chi connectivity index (χ0v) is 10.8. The van der Waals surface area contributed by atoms with Crippen molar-refractivity contribution >= 4 is 29.4 Å². The predicted molar refractivity (Wildman–Crippen MR) is 68.6 cm³/mol. The minimum atomic E-state index is -0.879. The lowest BCUT2D eigenvalue weighted by atomic mass is 9.96. The fraction of sp³-hybridized carbons (Fsp3) is 0.308. The Labute approximate surface area is 109 Å². The lowest BCUT2D eigenvalue weighted by Gasteiger charge is -2.11. The third kappa shape index (κ3) is 3.92. The van der Waals surface area contributed by atoms with Gasteiger partial charge in [0.05, 0.1) is 6.61 Å². The average molecular weight is 266 g/mol. The Morgan fingerprint density at radius 2 is 2.28 bits per heavy atom. The van der Waals surface area contributed by atoms with E-state index in [4.69, 9.17) is 4.74 Å². The number of ketones is 1. The average Bonchev–Trinajstić information content (AvgIpc) is 2.88. The van der Waals surface area contributed by atoms with E-state index in [9.17, 15) is 14.4 Å². The second kappa shape index (κ2) is 7.55. The van der Waals surface area contributed by atoms with Gasteiger partial charge in [-0.1, -0.05) is 6.08 Å². The maximum absolute atomic E-state index is 12.1. The van der Waals surface area contributed by atoms with E-state index in [2.05, 4.69) is 0 Å². The molecule has 0 saturated carbocycles. The summed E-state index contributed by atoms with van der Waals surface area (Å²) in [6, 6.07) is 1.67. The van der Waals surface area contributed by atoms with Gasteiger partial charge in [-0.15, -0.1) is 0 Å². The first-order valence-electron chi connectivity index (χ1n) is 5.54. The number of carbonyl (C=O) groups is 3. The highest BCUT2D eigenvalue weighted by Gasteiger charge is 2.27. The second-order valence-corrected chi connectivity index (χ2v) is 4.26. The SMILES string of the molecule is CCOC(=O)C(C/C=C/C=O)C(=O)c1ccsc1. The number of Topliss-reactive ketones (excluding diaryl/α,β-unsaturated/α-hetero) is 1. The van der Waals surface area contributed by atoms with Gasteiger partial charge < -0.3 is 4.74 Å². The van der Waals surface area contributed by atoms with Crippen molar-refractivity contribution in [1.82, 2.24) is 0 Å². The van der Waals surface area contributed by atoms with Crippen molar-refractivity contribution in [3.63, 3.8) is 0 Å². The molecule has 0 bridgehead atoms. The van der Waals surface area contributed by atoms with Crippen LogP contribution in [0.4, 0.5) is 0 Å². The van der Waals surface area contributed by atoms with Gasteiger partial charge in [0.25, 0.3) is 0 Å². The van der Waals surface area contributed by atoms with Crippen LogP contribution in [0.3, 0.4) is 0 Å². The molecule has 1 aromatic heterocycles. The van der Waals surface area contributed by atoms with Crippen LogP contribution in [0.25, 0.3) is 0 Å². The van der Waals surface area contributed by atoms with Crippen LogP contribution in [0, 0.1) is 5.92 Å². The number of esters is 1. The van der Waals surface area contributed by atoms with E-state index in [1.807, 2.05) is 0 Å². The molecule has 0 spiro atoms. The van der Waals surface area contributed by atoms with Gasteiger partial charge in [0, 0.05) is 10.9 Å². The summed E-state index contributed by atoms with van der Waals surface area (Å²) in [6.45, 7) is 1.91. The van der Waals surface area contributed by atoms with Crippen molar-refractivity contribution < 1.29 is 19.1 Å². The Morgan fingerprint density at radius 1 is 1.50 bits per heavy atom. The zero-order valence-electron chi connectivity index (χ0n) is 10.00. The van der Waals surface area contributed by atoms with E-state index in [-0.39, 0.29) is 18.8 Å². The molecule has 1 aromatic rings. The molecule has 0 N–H and O–H groups in total. The third-order valence-electron chi connectivity index (χ3n) is 2.28. The minimum Gasteiger partial charge on any atom is -0.465 e. The summed E-state index contributed by atoms with van der Waals surface area (Å²) in [7, 11) is 0. The van der Waals surface area contributed by atoms with Gasteiger partial charge in [0.1, 0.15) is 12.2 Å². The molecule has 0 aliphatic rings. The summed E-state index contributed by atoms with van der Waals surface area (Å²) in [5.41, 5.74) is 0.498. The van der Waals surface area contributed by atoms with Crippen molar-refractivity contribution in [2.24, 2.45) is 5.92 Å². The summed E-state index contributed by atoms with van der Waals surface area (Å²) in [4.78, 5) is 34.0. The van der Waals surface area contributed by atoms with Crippen LogP contribution in [0.1, 0.15) is 23.7 Å². The predicted octanol–water partition coefficient (Wildman–Crippen LogP) is 2.26. The molecule has 0 saturated heterocycles. The Balaban J connectivity index is 2.82. The molecule has 1 rings (SSSR count). The van der Waals surface area contributed by atoms with Crippen molar-refractivity contribution in [2.75, 3.05) is 6.61 Å². The first-order chi connectivity index (χ1) is 8.70. The van der Waals surface area contributed by atoms with Crippen LogP contribution >= 0.6 is 11.3 Å². The number of hydrogen-bond donors (Lipinski definition) is 0. The molecule has 1 atom stereocenters. The number of allylic oxidation sites excluding steroid dienone is 2. The van der Waals surface area contributed by atoms with Gasteiger partial charge in [0.2, 0.25) is 0 Å². The fourth-order valence-electron chi connectivity index (χ4n) is 1.43. The van der Waals surface area contributed by atoms with Crippen LogP contribution in [0.15, 0.2) is 29.0 Å². The molecule has 0 radical (unpaired) electrons. The molecule has 0 aliphatic carbocycles. The maximum Gasteiger partial charge on any atom is 0.317 e. The first kappa shape index (κ1) is 14.3. The van der Waals surface area contributed by atoms with Gasteiger partial charge in [0.15, 0.2) is 5.78 Å². The van der Waals surface area contributed by atoms with E-state index in [0.717, 1.165) is 0 Å². The van der Waals surface area contributed by atoms with Crippen molar-refractivity contribution in [1.29, 1.82) is 0 Å². The Bertz CT molecular complexity index is 434. The molecule has 18 heavy (non-hydrogen) atoms. The Hall–Kier alpha value is -1.75. The molecule has 1 unspecified atom stereocenters. The van der Waals surface area contributed by atoms with E-state index in [0.29, 0.717) is 11.8 Å². The molecule has 4 nitrogen and oxygen atoms in total. The Morgan fingerprint density at radius 3 is 2.83 bits per heavy atom. The van der Waals surface area contributed by atoms with Gasteiger partial charge in [-0.3, -0.25) is 14.4 Å². The largest absolute Gasteiger partial charge is 0.465 e. The van der Waals surface area contributed by atoms with E-state index < -0.39 is 11.9 Å². The summed E-state index contributed by atoms with van der Waals surface area (Å²) in [5.74, 6) is -1.70. The quantitative estimate of drug-likeness (QED) is 0.250. The lowest BCUT2D eigenvalue weighted by molar-refractivity contribution is -0.146. The monoisotopic (exact) mass is 266 g/mol. The van der Waals surface area contributed by atoms with Crippen LogP contribution in [0.5, 0.6) is 0 Å². The summed E-state index contributed by atoms with van der Waals surface area (Å²) in [5, 5.41) is 3.47. The minimum absolute atomic E-state index is 0.173. The summed E-state index contributed by atoms with van der Waals surface area (Å²) >= 11 is 1.39. The molecule has 0 amide bonds. The number of ether oxygens (including phenoxy) is 1. The normalized spacial score (nSPS) is 12.3. The molecule has 0 aliphatic heterocycles. The van der Waals surface area contributed by atoms with Gasteiger partial charge >= 0.3 is 5.97 Å². The molecule has 1 heterocycles. The molecule has 96 valence electrons. The van der Waals surface area contributed by atoms with Gasteiger partial charge in [-0.25, -0.2) is 0 Å². The lowest BCUT2D eigenvalue weighted by Crippen LogP contribution is -2.25. The highest BCUT2D eigenvalue weighted by atomic mass is 32.1. The van der Waals surface area contributed by atoms with E-state index >= 15 is 0 Å². The number of rotatable bonds is 7. The molecule has 0 fully saturated rings. The number of carbonyl (C=O) groups excluding carboxylic acids is 3. The van der Waals surface area contributed by atoms with Gasteiger partial charge in [-0.05, 0) is 30.9 Å². The van der Waals surface area contributed by atoms with Crippen LogP contribution in [-0.4, -0.2) is 24.6 Å². The van der Waals surface area contributed by atoms with Crippen molar-refractivity contribution in [2.45, 2.75) is 13.3 Å². The molecular weight excluding hydrogens is 252 g/mol. The highest BCUT2D eigenvalue weighted by molar-refractivity contribution is 7.08. The molecule has 5 heteroatoms. The summed E-state index contributed by atoms with van der Waals surface area (Å²) < 4.78 is 4.88. The smallest absolute Gasteiger partial charge is 0.317 e. The molecular formula is C13H14O4S. The Kier molecular flexibility index (Phi) is 6.00.